The molecular formula is C17H26F2N2OS. The van der Waals surface area contributed by atoms with Crippen LogP contribution >= 0.6 is 11.8 Å². The van der Waals surface area contributed by atoms with Crippen LogP contribution in [0, 0.1) is 0 Å². The number of hydrogen-bond acceptors (Lipinski definition) is 4. The number of nitrogens with zero attached hydrogens (tertiary/aromatic N) is 1. The molecule has 0 bridgehead atoms. The van der Waals surface area contributed by atoms with Crippen molar-refractivity contribution in [2.75, 3.05) is 32.8 Å². The van der Waals surface area contributed by atoms with Crippen molar-refractivity contribution in [2.24, 2.45) is 0 Å². The highest BCUT2D eigenvalue weighted by Crippen LogP contribution is 2.43. The van der Waals surface area contributed by atoms with Gasteiger partial charge in [0.15, 0.2) is 0 Å². The van der Waals surface area contributed by atoms with E-state index >= 15 is 0 Å². The number of halogens is 2. The summed E-state index contributed by atoms with van der Waals surface area (Å²) in [6.45, 7) is 7.54. The maximum absolute atomic E-state index is 14.6. The Bertz CT molecular complexity index is 514. The lowest BCUT2D eigenvalue weighted by atomic mass is 9.98. The van der Waals surface area contributed by atoms with Gasteiger partial charge in [-0.1, -0.05) is 39.0 Å². The van der Waals surface area contributed by atoms with Crippen LogP contribution in [0.4, 0.5) is 8.78 Å². The van der Waals surface area contributed by atoms with Crippen LogP contribution in [0.25, 0.3) is 0 Å². The molecule has 0 aliphatic carbocycles. The maximum atomic E-state index is 14.6. The van der Waals surface area contributed by atoms with Gasteiger partial charge in [-0.2, -0.15) is 0 Å². The second-order valence-corrected chi connectivity index (χ2v) is 8.73. The average molecular weight is 344 g/mol. The lowest BCUT2D eigenvalue weighted by molar-refractivity contribution is -0.119. The van der Waals surface area contributed by atoms with Gasteiger partial charge in [-0.25, -0.2) is 8.78 Å². The zero-order valence-corrected chi connectivity index (χ0v) is 14.8. The zero-order valence-electron chi connectivity index (χ0n) is 14.0. The number of alkyl halides is 2. The molecule has 1 aromatic carbocycles. The summed E-state index contributed by atoms with van der Waals surface area (Å²) in [6, 6.07) is 6.24. The lowest BCUT2D eigenvalue weighted by Gasteiger charge is -2.39. The smallest absolute Gasteiger partial charge is 0.289 e. The lowest BCUT2D eigenvalue weighted by Crippen LogP contribution is -2.51. The molecule has 130 valence electrons. The molecule has 0 amide bonds. The SMILES string of the molecule is CC(C)(C)Sc1ccccc1[C@@H](N1CCNCC1)C(F)(F)CO. The minimum atomic E-state index is -3.17. The summed E-state index contributed by atoms with van der Waals surface area (Å²) in [5, 5.41) is 12.5. The predicted octanol–water partition coefficient (Wildman–Crippen LogP) is 3.15. The molecule has 2 N–H and O–H groups in total. The van der Waals surface area contributed by atoms with E-state index < -0.39 is 18.6 Å². The number of aliphatic hydroxyl groups is 1. The second kappa shape index (κ2) is 7.47. The van der Waals surface area contributed by atoms with E-state index in [-0.39, 0.29) is 4.75 Å². The fourth-order valence-corrected chi connectivity index (χ4v) is 3.95. The standard InChI is InChI=1S/C17H26F2N2OS/c1-16(2,3)23-14-7-5-4-6-13(14)15(17(18,19)12-22)21-10-8-20-9-11-21/h4-7,15,20,22H,8-12H2,1-3H3/t15-/m1/s1. The Labute approximate surface area is 141 Å². The van der Waals surface area contributed by atoms with Crippen LogP contribution in [-0.2, 0) is 0 Å². The van der Waals surface area contributed by atoms with Gasteiger partial charge in [0.25, 0.3) is 5.92 Å². The van der Waals surface area contributed by atoms with Crippen molar-refractivity contribution in [2.45, 2.75) is 42.4 Å². The summed E-state index contributed by atoms with van der Waals surface area (Å²) in [5.41, 5.74) is 0.605. The first kappa shape index (κ1) is 18.6. The first-order chi connectivity index (χ1) is 10.7. The summed E-state index contributed by atoms with van der Waals surface area (Å²) in [7, 11) is 0. The topological polar surface area (TPSA) is 35.5 Å². The minimum Gasteiger partial charge on any atom is -0.390 e. The van der Waals surface area contributed by atoms with E-state index in [1.54, 1.807) is 28.8 Å². The first-order valence-electron chi connectivity index (χ1n) is 7.96. The molecule has 0 aromatic heterocycles. The molecule has 0 spiro atoms. The van der Waals surface area contributed by atoms with E-state index in [1.165, 1.54) is 0 Å². The largest absolute Gasteiger partial charge is 0.390 e. The van der Waals surface area contributed by atoms with Crippen molar-refractivity contribution in [3.63, 3.8) is 0 Å². The third-order valence-electron chi connectivity index (χ3n) is 3.76. The van der Waals surface area contributed by atoms with E-state index in [2.05, 4.69) is 26.1 Å². The molecule has 1 fully saturated rings. The molecule has 0 unspecified atom stereocenters. The van der Waals surface area contributed by atoms with Crippen molar-refractivity contribution >= 4 is 11.8 Å². The third-order valence-corrected chi connectivity index (χ3v) is 4.96. The molecule has 2 rings (SSSR count). The second-order valence-electron chi connectivity index (χ2n) is 6.86. The number of benzene rings is 1. The highest BCUT2D eigenvalue weighted by molar-refractivity contribution is 8.00. The van der Waals surface area contributed by atoms with Crippen LogP contribution in [-0.4, -0.2) is 53.5 Å². The van der Waals surface area contributed by atoms with Crippen LogP contribution in [0.3, 0.4) is 0 Å². The van der Waals surface area contributed by atoms with Crippen LogP contribution in [0.1, 0.15) is 32.4 Å². The molecular weight excluding hydrogens is 318 g/mol. The monoisotopic (exact) mass is 344 g/mol. The molecule has 6 heteroatoms. The van der Waals surface area contributed by atoms with Gasteiger partial charge in [0.1, 0.15) is 12.6 Å². The molecule has 1 aromatic rings. The Morgan fingerprint density at radius 2 is 1.83 bits per heavy atom. The molecule has 1 saturated heterocycles. The molecule has 23 heavy (non-hydrogen) atoms. The van der Waals surface area contributed by atoms with Crippen molar-refractivity contribution in [1.82, 2.24) is 10.2 Å². The number of thioether (sulfide) groups is 1. The Hall–Kier alpha value is -0.690. The average Bonchev–Trinajstić information content (AvgIpc) is 2.49. The van der Waals surface area contributed by atoms with E-state index in [1.807, 2.05) is 12.1 Å². The highest BCUT2D eigenvalue weighted by atomic mass is 32.2. The number of piperazine rings is 1. The minimum absolute atomic E-state index is 0.0708. The number of aliphatic hydroxyl groups excluding tert-OH is 1. The van der Waals surface area contributed by atoms with Crippen LogP contribution in [0.15, 0.2) is 29.2 Å². The Morgan fingerprint density at radius 3 is 2.39 bits per heavy atom. The van der Waals surface area contributed by atoms with Crippen molar-refractivity contribution in [3.8, 4) is 0 Å². The van der Waals surface area contributed by atoms with Gasteiger partial charge >= 0.3 is 0 Å². The van der Waals surface area contributed by atoms with Crippen LogP contribution in [0.5, 0.6) is 0 Å². The fraction of sp³-hybridized carbons (Fsp3) is 0.647. The van der Waals surface area contributed by atoms with Gasteiger partial charge in [0, 0.05) is 35.8 Å². The number of rotatable bonds is 5. The Balaban J connectivity index is 2.43. The molecule has 1 atom stereocenters. The van der Waals surface area contributed by atoms with Crippen LogP contribution in [0.2, 0.25) is 0 Å². The highest BCUT2D eigenvalue weighted by Gasteiger charge is 2.45. The normalized spacial score (nSPS) is 18.9. The fourth-order valence-electron chi connectivity index (χ4n) is 2.85. The van der Waals surface area contributed by atoms with Gasteiger partial charge in [-0.05, 0) is 11.6 Å². The van der Waals surface area contributed by atoms with Gasteiger partial charge < -0.3 is 10.4 Å². The van der Waals surface area contributed by atoms with Gasteiger partial charge in [-0.15, -0.1) is 11.8 Å². The summed E-state index contributed by atoms with van der Waals surface area (Å²) >= 11 is 1.59. The van der Waals surface area contributed by atoms with Gasteiger partial charge in [-0.3, -0.25) is 4.90 Å². The van der Waals surface area contributed by atoms with Crippen molar-refractivity contribution in [3.05, 3.63) is 29.8 Å². The van der Waals surface area contributed by atoms with E-state index in [4.69, 9.17) is 0 Å². The number of hydrogen-bond donors (Lipinski definition) is 2. The quantitative estimate of drug-likeness (QED) is 0.805. The van der Waals surface area contributed by atoms with Gasteiger partial charge in [0.2, 0.25) is 0 Å². The Kier molecular flexibility index (Phi) is 6.05. The van der Waals surface area contributed by atoms with Crippen molar-refractivity contribution in [1.29, 1.82) is 0 Å². The van der Waals surface area contributed by atoms with Crippen LogP contribution < -0.4 is 5.32 Å². The first-order valence-corrected chi connectivity index (χ1v) is 8.77. The Morgan fingerprint density at radius 1 is 1.22 bits per heavy atom. The molecule has 1 heterocycles. The van der Waals surface area contributed by atoms with E-state index in [0.29, 0.717) is 31.7 Å². The summed E-state index contributed by atoms with van der Waals surface area (Å²) < 4.78 is 29.1. The van der Waals surface area contributed by atoms with Crippen molar-refractivity contribution < 1.29 is 13.9 Å². The molecule has 0 radical (unpaired) electrons. The zero-order chi connectivity index (χ0) is 17.1. The molecule has 3 nitrogen and oxygen atoms in total. The molecule has 1 aliphatic heterocycles. The van der Waals surface area contributed by atoms with Gasteiger partial charge in [0.05, 0.1) is 0 Å². The summed E-state index contributed by atoms with van der Waals surface area (Å²) in [6.07, 6.45) is 0. The summed E-state index contributed by atoms with van der Waals surface area (Å²) in [4.78, 5) is 2.64. The van der Waals surface area contributed by atoms with E-state index in [0.717, 1.165) is 4.90 Å². The molecule has 0 saturated carbocycles. The number of nitrogens with one attached hydrogen (secondary N) is 1. The third kappa shape index (κ3) is 4.89. The summed E-state index contributed by atoms with van der Waals surface area (Å²) in [5.74, 6) is -3.17. The van der Waals surface area contributed by atoms with E-state index in [9.17, 15) is 13.9 Å². The maximum Gasteiger partial charge on any atom is 0.289 e. The molecule has 1 aliphatic rings. The predicted molar refractivity (Wildman–Crippen MR) is 91.3 cm³/mol.